The summed E-state index contributed by atoms with van der Waals surface area (Å²) in [4.78, 5) is 17.0. The van der Waals surface area contributed by atoms with Gasteiger partial charge >= 0.3 is 0 Å². The number of fused-ring (bicyclic) bond motifs is 1. The van der Waals surface area contributed by atoms with E-state index in [1.54, 1.807) is 30.1 Å². The number of carbonyl (C=O) groups excluding carboxylic acids is 1. The number of nitrogens with zero attached hydrogens (tertiary/aromatic N) is 3. The predicted molar refractivity (Wildman–Crippen MR) is 82.8 cm³/mol. The molecule has 1 aliphatic carbocycles. The Morgan fingerprint density at radius 1 is 1.45 bits per heavy atom. The van der Waals surface area contributed by atoms with Crippen LogP contribution in [-0.2, 0) is 4.74 Å². The first-order valence-electron chi connectivity index (χ1n) is 7.46. The van der Waals surface area contributed by atoms with Gasteiger partial charge in [0.15, 0.2) is 5.65 Å². The summed E-state index contributed by atoms with van der Waals surface area (Å²) in [5, 5.41) is 7.45. The van der Waals surface area contributed by atoms with Gasteiger partial charge in [-0.3, -0.25) is 4.79 Å². The fraction of sp³-hybridized carbons (Fsp3) is 0.562. The van der Waals surface area contributed by atoms with E-state index < -0.39 is 0 Å². The van der Waals surface area contributed by atoms with Gasteiger partial charge in [-0.1, -0.05) is 13.8 Å². The van der Waals surface area contributed by atoms with E-state index in [0.29, 0.717) is 16.9 Å². The van der Waals surface area contributed by atoms with Gasteiger partial charge in [-0.05, 0) is 26.3 Å². The zero-order valence-corrected chi connectivity index (χ0v) is 13.7. The zero-order valence-electron chi connectivity index (χ0n) is 13.7. The summed E-state index contributed by atoms with van der Waals surface area (Å²) in [6, 6.07) is 1.86. The molecule has 1 fully saturated rings. The Hall–Kier alpha value is -1.95. The van der Waals surface area contributed by atoms with Gasteiger partial charge in [-0.2, -0.15) is 5.10 Å². The lowest BCUT2D eigenvalue weighted by Crippen LogP contribution is -2.68. The maximum absolute atomic E-state index is 12.7. The summed E-state index contributed by atoms with van der Waals surface area (Å²) in [7, 11) is 1.72. The van der Waals surface area contributed by atoms with Crippen LogP contribution >= 0.6 is 0 Å². The highest BCUT2D eigenvalue weighted by Gasteiger charge is 2.58. The summed E-state index contributed by atoms with van der Waals surface area (Å²) >= 11 is 0. The molecule has 1 N–H and O–H groups in total. The van der Waals surface area contributed by atoms with Crippen molar-refractivity contribution >= 4 is 11.6 Å². The van der Waals surface area contributed by atoms with E-state index in [4.69, 9.17) is 4.74 Å². The van der Waals surface area contributed by atoms with Crippen molar-refractivity contribution in [2.45, 2.75) is 45.8 Å². The molecule has 0 aliphatic heterocycles. The smallest absolute Gasteiger partial charge is 0.257 e. The van der Waals surface area contributed by atoms with Gasteiger partial charge in [0.05, 0.1) is 11.3 Å². The van der Waals surface area contributed by atoms with Crippen LogP contribution < -0.4 is 5.32 Å². The number of hydrogen-bond acceptors (Lipinski definition) is 4. The van der Waals surface area contributed by atoms with Gasteiger partial charge < -0.3 is 10.1 Å². The van der Waals surface area contributed by atoms with E-state index in [0.717, 1.165) is 6.42 Å². The summed E-state index contributed by atoms with van der Waals surface area (Å²) in [5.74, 6) is -0.123. The Kier molecular flexibility index (Phi) is 3.25. The molecule has 0 unspecified atom stereocenters. The maximum Gasteiger partial charge on any atom is 0.257 e. The fourth-order valence-corrected chi connectivity index (χ4v) is 3.22. The van der Waals surface area contributed by atoms with Crippen LogP contribution in [0.3, 0.4) is 0 Å². The quantitative estimate of drug-likeness (QED) is 0.941. The number of carbonyl (C=O) groups is 1. The number of ether oxygens (including phenoxy) is 1. The summed E-state index contributed by atoms with van der Waals surface area (Å²) in [5.41, 5.74) is 1.48. The molecule has 0 radical (unpaired) electrons. The maximum atomic E-state index is 12.7. The lowest BCUT2D eigenvalue weighted by molar-refractivity contribution is -0.177. The van der Waals surface area contributed by atoms with Crippen molar-refractivity contribution in [3.8, 4) is 0 Å². The third-order valence-corrected chi connectivity index (χ3v) is 5.38. The second-order valence-corrected chi connectivity index (χ2v) is 6.74. The molecule has 2 aromatic rings. The molecule has 3 rings (SSSR count). The van der Waals surface area contributed by atoms with Crippen LogP contribution in [0.5, 0.6) is 0 Å². The summed E-state index contributed by atoms with van der Waals surface area (Å²) < 4.78 is 7.24. The first-order chi connectivity index (χ1) is 10.3. The van der Waals surface area contributed by atoms with E-state index >= 15 is 0 Å². The minimum atomic E-state index is -0.209. The standard InChI is InChI=1S/C16H22N4O2/c1-10-12(13-17-7-6-8-20(13)19-10)14(21)18-11-9-16(4,22-5)15(11,2)3/h6-8,11H,9H2,1-5H3,(H,18,21)/t11-,16-/m0/s1. The van der Waals surface area contributed by atoms with Gasteiger partial charge in [-0.25, -0.2) is 9.50 Å². The van der Waals surface area contributed by atoms with E-state index in [1.807, 2.05) is 6.92 Å². The molecule has 1 amide bonds. The van der Waals surface area contributed by atoms with E-state index in [-0.39, 0.29) is 23.0 Å². The lowest BCUT2D eigenvalue weighted by Gasteiger charge is -2.59. The highest BCUT2D eigenvalue weighted by Crippen LogP contribution is 2.51. The largest absolute Gasteiger partial charge is 0.378 e. The Morgan fingerprint density at radius 3 is 2.82 bits per heavy atom. The van der Waals surface area contributed by atoms with E-state index in [9.17, 15) is 4.79 Å². The second kappa shape index (κ2) is 4.78. The van der Waals surface area contributed by atoms with Crippen molar-refractivity contribution < 1.29 is 9.53 Å². The fourth-order valence-electron chi connectivity index (χ4n) is 3.22. The minimum absolute atomic E-state index is 0.0722. The SMILES string of the molecule is CO[C@@]1(C)C[C@H](NC(=O)c2c(C)nn3cccnc23)C1(C)C. The second-order valence-electron chi connectivity index (χ2n) is 6.74. The third kappa shape index (κ3) is 1.94. The monoisotopic (exact) mass is 302 g/mol. The van der Waals surface area contributed by atoms with Crippen molar-refractivity contribution in [3.63, 3.8) is 0 Å². The molecule has 2 aromatic heterocycles. The van der Waals surface area contributed by atoms with Crippen LogP contribution in [-0.4, -0.2) is 39.3 Å². The van der Waals surface area contributed by atoms with Crippen molar-refractivity contribution in [1.29, 1.82) is 0 Å². The number of methoxy groups -OCH3 is 1. The molecule has 2 atom stereocenters. The Balaban J connectivity index is 1.85. The summed E-state index contributed by atoms with van der Waals surface area (Å²) in [6.07, 6.45) is 4.26. The molecule has 0 saturated heterocycles. The minimum Gasteiger partial charge on any atom is -0.378 e. The first-order valence-corrected chi connectivity index (χ1v) is 7.46. The average Bonchev–Trinajstić information content (AvgIpc) is 2.82. The van der Waals surface area contributed by atoms with Crippen LogP contribution in [0, 0.1) is 12.3 Å². The molecule has 0 aromatic carbocycles. The van der Waals surface area contributed by atoms with Gasteiger partial charge in [-0.15, -0.1) is 0 Å². The molecule has 1 saturated carbocycles. The van der Waals surface area contributed by atoms with Crippen LogP contribution in [0.2, 0.25) is 0 Å². The molecule has 0 bridgehead atoms. The molecule has 22 heavy (non-hydrogen) atoms. The normalized spacial score (nSPS) is 26.7. The molecule has 0 spiro atoms. The van der Waals surface area contributed by atoms with E-state index in [2.05, 4.69) is 36.2 Å². The number of aryl methyl sites for hydroxylation is 1. The molecule has 1 aliphatic rings. The Labute approximate surface area is 129 Å². The molecule has 6 nitrogen and oxygen atoms in total. The molecule has 118 valence electrons. The van der Waals surface area contributed by atoms with Crippen LogP contribution in [0.25, 0.3) is 5.65 Å². The number of hydrogen-bond donors (Lipinski definition) is 1. The van der Waals surface area contributed by atoms with Crippen LogP contribution in [0.15, 0.2) is 18.5 Å². The average molecular weight is 302 g/mol. The van der Waals surface area contributed by atoms with Gasteiger partial charge in [0.1, 0.15) is 5.56 Å². The highest BCUT2D eigenvalue weighted by molar-refractivity contribution is 6.01. The topological polar surface area (TPSA) is 68.5 Å². The number of aromatic nitrogens is 3. The van der Waals surface area contributed by atoms with Crippen molar-refractivity contribution in [2.24, 2.45) is 5.41 Å². The van der Waals surface area contributed by atoms with Gasteiger partial charge in [0, 0.05) is 31.0 Å². The molecule has 6 heteroatoms. The van der Waals surface area contributed by atoms with Crippen molar-refractivity contribution in [2.75, 3.05) is 7.11 Å². The van der Waals surface area contributed by atoms with Crippen molar-refractivity contribution in [3.05, 3.63) is 29.7 Å². The van der Waals surface area contributed by atoms with E-state index in [1.165, 1.54) is 0 Å². The third-order valence-electron chi connectivity index (χ3n) is 5.38. The zero-order chi connectivity index (χ0) is 16.1. The highest BCUT2D eigenvalue weighted by atomic mass is 16.5. The molecular formula is C16H22N4O2. The Morgan fingerprint density at radius 2 is 2.18 bits per heavy atom. The summed E-state index contributed by atoms with van der Waals surface area (Å²) in [6.45, 7) is 8.14. The van der Waals surface area contributed by atoms with Gasteiger partial charge in [0.2, 0.25) is 0 Å². The number of rotatable bonds is 3. The van der Waals surface area contributed by atoms with Gasteiger partial charge in [0.25, 0.3) is 5.91 Å². The van der Waals surface area contributed by atoms with Crippen LogP contribution in [0.1, 0.15) is 43.2 Å². The Bertz CT molecular complexity index is 737. The first kappa shape index (κ1) is 15.0. The lowest BCUT2D eigenvalue weighted by atomic mass is 9.56. The van der Waals surface area contributed by atoms with Crippen molar-refractivity contribution in [1.82, 2.24) is 19.9 Å². The van der Waals surface area contributed by atoms with Crippen LogP contribution in [0.4, 0.5) is 0 Å². The molecular weight excluding hydrogens is 280 g/mol. The number of nitrogens with one attached hydrogen (secondary N) is 1. The predicted octanol–water partition coefficient (Wildman–Crippen LogP) is 1.97. The number of amides is 1. The molecule has 2 heterocycles.